The number of alkyl halides is 5. The van der Waals surface area contributed by atoms with E-state index in [1.165, 1.54) is 11.8 Å². The Morgan fingerprint density at radius 3 is 2.48 bits per heavy atom. The highest BCUT2D eigenvalue weighted by molar-refractivity contribution is 6.07. The molecule has 1 fully saturated rings. The highest BCUT2D eigenvalue weighted by atomic mass is 19.4. The van der Waals surface area contributed by atoms with Gasteiger partial charge in [0.05, 0.1) is 16.8 Å². The number of para-hydroxylation sites is 1. The van der Waals surface area contributed by atoms with Gasteiger partial charge in [-0.05, 0) is 31.5 Å². The standard InChI is InChI=1S/C20H20F5N3O/c1-13-16(20(23,24)25)12-15(18(29)27-14-6-3-2-4-7-14)17(26-13)28-10-5-8-19(21,22)9-11-28/h2-4,6-7,12H,5,8-11H2,1H3,(H,27,29). The summed E-state index contributed by atoms with van der Waals surface area (Å²) in [5.74, 6) is -3.64. The van der Waals surface area contributed by atoms with E-state index in [0.717, 1.165) is 6.07 Å². The molecule has 0 unspecified atom stereocenters. The number of nitrogens with zero attached hydrogens (tertiary/aromatic N) is 2. The van der Waals surface area contributed by atoms with Gasteiger partial charge in [0, 0.05) is 31.6 Å². The van der Waals surface area contributed by atoms with Crippen molar-refractivity contribution in [1.82, 2.24) is 4.98 Å². The molecular formula is C20H20F5N3O. The first kappa shape index (κ1) is 21.0. The Morgan fingerprint density at radius 1 is 1.14 bits per heavy atom. The van der Waals surface area contributed by atoms with Crippen molar-refractivity contribution in [3.05, 3.63) is 53.2 Å². The van der Waals surface area contributed by atoms with Gasteiger partial charge < -0.3 is 10.2 Å². The van der Waals surface area contributed by atoms with Gasteiger partial charge in [0.1, 0.15) is 5.82 Å². The van der Waals surface area contributed by atoms with Crippen LogP contribution in [0.4, 0.5) is 33.5 Å². The lowest BCUT2D eigenvalue weighted by molar-refractivity contribution is -0.138. The molecule has 1 aromatic heterocycles. The summed E-state index contributed by atoms with van der Waals surface area (Å²) in [5.41, 5.74) is -1.23. The monoisotopic (exact) mass is 413 g/mol. The van der Waals surface area contributed by atoms with E-state index < -0.39 is 30.0 Å². The number of pyridine rings is 1. The maximum absolute atomic E-state index is 13.7. The van der Waals surface area contributed by atoms with Crippen LogP contribution in [0.15, 0.2) is 36.4 Å². The van der Waals surface area contributed by atoms with Crippen LogP contribution in [0.5, 0.6) is 0 Å². The number of nitrogens with one attached hydrogen (secondary N) is 1. The Labute approximate surface area is 164 Å². The molecule has 29 heavy (non-hydrogen) atoms. The summed E-state index contributed by atoms with van der Waals surface area (Å²) < 4.78 is 67.6. The Bertz CT molecular complexity index is 884. The molecule has 9 heteroatoms. The van der Waals surface area contributed by atoms with Gasteiger partial charge in [0.25, 0.3) is 5.91 Å². The lowest BCUT2D eigenvalue weighted by Gasteiger charge is -2.25. The van der Waals surface area contributed by atoms with Crippen LogP contribution in [0, 0.1) is 6.92 Å². The molecule has 1 aromatic carbocycles. The summed E-state index contributed by atoms with van der Waals surface area (Å²) >= 11 is 0. The number of halogens is 5. The number of hydrogen-bond acceptors (Lipinski definition) is 3. The smallest absolute Gasteiger partial charge is 0.356 e. The van der Waals surface area contributed by atoms with Crippen LogP contribution >= 0.6 is 0 Å². The van der Waals surface area contributed by atoms with Gasteiger partial charge in [-0.25, -0.2) is 13.8 Å². The second kappa shape index (κ2) is 7.96. The largest absolute Gasteiger partial charge is 0.418 e. The Morgan fingerprint density at radius 2 is 1.83 bits per heavy atom. The van der Waals surface area contributed by atoms with Crippen LogP contribution in [0.25, 0.3) is 0 Å². The fraction of sp³-hybridized carbons (Fsp3) is 0.400. The molecule has 2 heterocycles. The van der Waals surface area contributed by atoms with Crippen molar-refractivity contribution in [3.63, 3.8) is 0 Å². The lowest BCUT2D eigenvalue weighted by atomic mass is 10.1. The molecule has 156 valence electrons. The van der Waals surface area contributed by atoms with Gasteiger partial charge in [0.15, 0.2) is 0 Å². The quantitative estimate of drug-likeness (QED) is 0.696. The van der Waals surface area contributed by atoms with Gasteiger partial charge in [-0.3, -0.25) is 4.79 Å². The van der Waals surface area contributed by atoms with E-state index in [1.807, 2.05) is 0 Å². The maximum Gasteiger partial charge on any atom is 0.418 e. The third kappa shape index (κ3) is 5.02. The summed E-state index contributed by atoms with van der Waals surface area (Å²) in [4.78, 5) is 18.3. The molecule has 1 amide bonds. The van der Waals surface area contributed by atoms with Crippen molar-refractivity contribution in [2.45, 2.75) is 38.3 Å². The van der Waals surface area contributed by atoms with Crippen molar-refractivity contribution in [2.24, 2.45) is 0 Å². The number of carbonyl (C=O) groups is 1. The lowest BCUT2D eigenvalue weighted by Crippen LogP contribution is -2.30. The first-order valence-corrected chi connectivity index (χ1v) is 9.15. The number of hydrogen-bond donors (Lipinski definition) is 1. The number of anilines is 2. The highest BCUT2D eigenvalue weighted by Crippen LogP contribution is 2.36. The van der Waals surface area contributed by atoms with Crippen LogP contribution in [0.1, 0.15) is 40.9 Å². The second-order valence-electron chi connectivity index (χ2n) is 7.01. The van der Waals surface area contributed by atoms with Crippen molar-refractivity contribution >= 4 is 17.4 Å². The van der Waals surface area contributed by atoms with E-state index in [9.17, 15) is 26.7 Å². The van der Waals surface area contributed by atoms with Gasteiger partial charge >= 0.3 is 6.18 Å². The molecule has 4 nitrogen and oxygen atoms in total. The summed E-state index contributed by atoms with van der Waals surface area (Å²) in [5, 5.41) is 2.55. The van der Waals surface area contributed by atoms with E-state index in [-0.39, 0.29) is 43.0 Å². The first-order chi connectivity index (χ1) is 13.6. The van der Waals surface area contributed by atoms with Crippen LogP contribution in [-0.4, -0.2) is 29.9 Å². The molecule has 0 radical (unpaired) electrons. The van der Waals surface area contributed by atoms with Crippen LogP contribution in [0.2, 0.25) is 0 Å². The van der Waals surface area contributed by atoms with E-state index in [0.29, 0.717) is 5.69 Å². The molecule has 0 aliphatic carbocycles. The van der Waals surface area contributed by atoms with Crippen molar-refractivity contribution in [1.29, 1.82) is 0 Å². The van der Waals surface area contributed by atoms with Gasteiger partial charge in [0.2, 0.25) is 5.92 Å². The molecule has 3 rings (SSSR count). The van der Waals surface area contributed by atoms with Crippen molar-refractivity contribution in [2.75, 3.05) is 23.3 Å². The van der Waals surface area contributed by atoms with Crippen LogP contribution < -0.4 is 10.2 Å². The summed E-state index contributed by atoms with van der Waals surface area (Å²) in [6.07, 6.45) is -5.30. The minimum absolute atomic E-state index is 0.0124. The predicted octanol–water partition coefficient (Wildman–Crippen LogP) is 5.29. The average molecular weight is 413 g/mol. The third-order valence-corrected chi connectivity index (χ3v) is 4.79. The Hall–Kier alpha value is -2.71. The van der Waals surface area contributed by atoms with Gasteiger partial charge in [-0.2, -0.15) is 13.2 Å². The zero-order chi connectivity index (χ0) is 21.2. The molecule has 0 saturated carbocycles. The number of benzene rings is 1. The minimum Gasteiger partial charge on any atom is -0.356 e. The summed E-state index contributed by atoms with van der Waals surface area (Å²) in [7, 11) is 0. The predicted molar refractivity (Wildman–Crippen MR) is 99.4 cm³/mol. The molecule has 1 saturated heterocycles. The fourth-order valence-corrected chi connectivity index (χ4v) is 3.28. The summed E-state index contributed by atoms with van der Waals surface area (Å²) in [6, 6.07) is 9.00. The number of carbonyl (C=O) groups excluding carboxylic acids is 1. The average Bonchev–Trinajstić information content (AvgIpc) is 2.81. The fourth-order valence-electron chi connectivity index (χ4n) is 3.28. The van der Waals surface area contributed by atoms with Gasteiger partial charge in [-0.1, -0.05) is 18.2 Å². The van der Waals surface area contributed by atoms with E-state index >= 15 is 0 Å². The Balaban J connectivity index is 2.02. The zero-order valence-electron chi connectivity index (χ0n) is 15.7. The van der Waals surface area contributed by atoms with Crippen LogP contribution in [0.3, 0.4) is 0 Å². The van der Waals surface area contributed by atoms with E-state index in [2.05, 4.69) is 10.3 Å². The summed E-state index contributed by atoms with van der Waals surface area (Å²) in [6.45, 7) is 1.27. The molecular weight excluding hydrogens is 393 g/mol. The van der Waals surface area contributed by atoms with Crippen molar-refractivity contribution in [3.8, 4) is 0 Å². The Kier molecular flexibility index (Phi) is 5.77. The minimum atomic E-state index is -4.69. The van der Waals surface area contributed by atoms with E-state index in [4.69, 9.17) is 0 Å². The normalized spacial score (nSPS) is 17.0. The number of aromatic nitrogens is 1. The molecule has 0 atom stereocenters. The number of amides is 1. The number of rotatable bonds is 3. The number of aryl methyl sites for hydroxylation is 1. The zero-order valence-corrected chi connectivity index (χ0v) is 15.7. The second-order valence-corrected chi connectivity index (χ2v) is 7.01. The topological polar surface area (TPSA) is 45.2 Å². The van der Waals surface area contributed by atoms with Crippen LogP contribution in [-0.2, 0) is 6.18 Å². The maximum atomic E-state index is 13.7. The highest BCUT2D eigenvalue weighted by Gasteiger charge is 2.37. The molecule has 1 aliphatic heterocycles. The molecule has 1 N–H and O–H groups in total. The third-order valence-electron chi connectivity index (χ3n) is 4.79. The molecule has 1 aliphatic rings. The SMILES string of the molecule is Cc1nc(N2CCCC(F)(F)CC2)c(C(=O)Nc2ccccc2)cc1C(F)(F)F. The molecule has 0 spiro atoms. The molecule has 2 aromatic rings. The first-order valence-electron chi connectivity index (χ1n) is 9.15. The molecule has 0 bridgehead atoms. The van der Waals surface area contributed by atoms with Gasteiger partial charge in [-0.15, -0.1) is 0 Å². The van der Waals surface area contributed by atoms with E-state index in [1.54, 1.807) is 30.3 Å². The van der Waals surface area contributed by atoms with Crippen molar-refractivity contribution < 1.29 is 26.7 Å².